The highest BCUT2D eigenvalue weighted by molar-refractivity contribution is 6.11. The van der Waals surface area contributed by atoms with Crippen LogP contribution in [-0.4, -0.2) is 11.6 Å². The Morgan fingerprint density at radius 2 is 1.24 bits per heavy atom. The van der Waals surface area contributed by atoms with Crippen LogP contribution in [0.5, 0.6) is 0 Å². The molecule has 0 saturated carbocycles. The molecular weight excluding hydrogens is 308 g/mol. The number of allylic oxidation sites excluding steroid dienone is 1. The number of nitrogens with one attached hydrogen (secondary N) is 1. The van der Waals surface area contributed by atoms with Gasteiger partial charge >= 0.3 is 0 Å². The molecule has 0 heterocycles. The van der Waals surface area contributed by atoms with E-state index in [4.69, 9.17) is 0 Å². The van der Waals surface area contributed by atoms with E-state index in [1.165, 1.54) is 0 Å². The highest BCUT2D eigenvalue weighted by atomic mass is 16.2. The first kappa shape index (κ1) is 16.4. The lowest BCUT2D eigenvalue weighted by Gasteiger charge is -2.04. The van der Waals surface area contributed by atoms with Crippen LogP contribution in [-0.2, 0) is 0 Å². The van der Waals surface area contributed by atoms with Gasteiger partial charge in [0, 0.05) is 11.1 Å². The zero-order chi connectivity index (χ0) is 17.3. The molecule has 0 unspecified atom stereocenters. The molecule has 3 aromatic carbocycles. The predicted molar refractivity (Wildman–Crippen MR) is 102 cm³/mol. The fourth-order valence-electron chi connectivity index (χ4n) is 2.31. The van der Waals surface area contributed by atoms with Crippen molar-refractivity contribution < 1.29 is 4.79 Å². The van der Waals surface area contributed by atoms with E-state index in [-0.39, 0.29) is 5.91 Å². The van der Waals surface area contributed by atoms with Crippen molar-refractivity contribution in [1.29, 1.82) is 0 Å². The van der Waals surface area contributed by atoms with Gasteiger partial charge in [-0.1, -0.05) is 84.9 Å². The molecule has 0 spiro atoms. The van der Waals surface area contributed by atoms with Crippen molar-refractivity contribution in [3.63, 3.8) is 0 Å². The van der Waals surface area contributed by atoms with Crippen molar-refractivity contribution in [3.8, 4) is 0 Å². The van der Waals surface area contributed by atoms with Crippen LogP contribution in [0.15, 0.2) is 102 Å². The number of benzene rings is 3. The molecule has 3 nitrogen and oxygen atoms in total. The zero-order valence-corrected chi connectivity index (χ0v) is 13.7. The molecule has 25 heavy (non-hydrogen) atoms. The Balaban J connectivity index is 1.84. The number of hydrogen-bond donors (Lipinski definition) is 1. The Kier molecular flexibility index (Phi) is 5.52. The maximum absolute atomic E-state index is 12.2. The van der Waals surface area contributed by atoms with Crippen LogP contribution in [0.4, 0.5) is 0 Å². The van der Waals surface area contributed by atoms with Crippen molar-refractivity contribution >= 4 is 17.7 Å². The minimum absolute atomic E-state index is 0.234. The van der Waals surface area contributed by atoms with Gasteiger partial charge in [0.25, 0.3) is 5.91 Å². The monoisotopic (exact) mass is 326 g/mol. The average molecular weight is 326 g/mol. The van der Waals surface area contributed by atoms with Gasteiger partial charge in [-0.25, -0.2) is 5.43 Å². The average Bonchev–Trinajstić information content (AvgIpc) is 2.70. The number of hydrogen-bond acceptors (Lipinski definition) is 2. The zero-order valence-electron chi connectivity index (χ0n) is 13.7. The molecule has 0 saturated heterocycles. The third-order valence-corrected chi connectivity index (χ3v) is 3.62. The highest BCUT2D eigenvalue weighted by Gasteiger charge is 2.04. The molecule has 3 rings (SSSR count). The molecule has 0 aliphatic carbocycles. The van der Waals surface area contributed by atoms with Crippen LogP contribution in [0, 0.1) is 0 Å². The number of amides is 1. The molecule has 0 aromatic heterocycles. The van der Waals surface area contributed by atoms with E-state index in [1.54, 1.807) is 12.1 Å². The van der Waals surface area contributed by atoms with Crippen molar-refractivity contribution in [2.75, 3.05) is 0 Å². The van der Waals surface area contributed by atoms with Crippen LogP contribution in [0.3, 0.4) is 0 Å². The molecule has 0 aliphatic rings. The van der Waals surface area contributed by atoms with Gasteiger partial charge in [-0.15, -0.1) is 0 Å². The molecule has 0 aliphatic heterocycles. The molecular formula is C22H18N2O. The summed E-state index contributed by atoms with van der Waals surface area (Å²) in [6, 6.07) is 28.8. The van der Waals surface area contributed by atoms with Crippen LogP contribution in [0.2, 0.25) is 0 Å². The first-order valence-electron chi connectivity index (χ1n) is 8.04. The number of hydrazone groups is 1. The number of carbonyl (C=O) groups excluding carboxylic acids is 1. The van der Waals surface area contributed by atoms with Gasteiger partial charge in [0.05, 0.1) is 5.71 Å². The summed E-state index contributed by atoms with van der Waals surface area (Å²) in [7, 11) is 0. The van der Waals surface area contributed by atoms with Crippen molar-refractivity contribution in [3.05, 3.63) is 114 Å². The minimum atomic E-state index is -0.234. The normalized spacial score (nSPS) is 11.4. The predicted octanol–water partition coefficient (Wildman–Crippen LogP) is 4.53. The molecule has 0 fully saturated rings. The second kappa shape index (κ2) is 8.41. The maximum Gasteiger partial charge on any atom is 0.271 e. The molecule has 3 aromatic rings. The third kappa shape index (κ3) is 4.75. The fraction of sp³-hybridized carbons (Fsp3) is 0. The Bertz CT molecular complexity index is 870. The van der Waals surface area contributed by atoms with E-state index >= 15 is 0 Å². The first-order valence-corrected chi connectivity index (χ1v) is 8.04. The summed E-state index contributed by atoms with van der Waals surface area (Å²) in [6.07, 6.45) is 3.87. The summed E-state index contributed by atoms with van der Waals surface area (Å²) >= 11 is 0. The van der Waals surface area contributed by atoms with Gasteiger partial charge in [-0.3, -0.25) is 4.79 Å². The quantitative estimate of drug-likeness (QED) is 0.543. The molecule has 1 amide bonds. The third-order valence-electron chi connectivity index (χ3n) is 3.62. The summed E-state index contributed by atoms with van der Waals surface area (Å²) in [5.74, 6) is -0.234. The second-order valence-electron chi connectivity index (χ2n) is 5.41. The summed E-state index contributed by atoms with van der Waals surface area (Å²) in [5.41, 5.74) is 5.90. The van der Waals surface area contributed by atoms with Crippen LogP contribution >= 0.6 is 0 Å². The largest absolute Gasteiger partial charge is 0.271 e. The smallest absolute Gasteiger partial charge is 0.267 e. The van der Waals surface area contributed by atoms with E-state index in [1.807, 2.05) is 91.0 Å². The van der Waals surface area contributed by atoms with E-state index in [0.29, 0.717) is 11.3 Å². The van der Waals surface area contributed by atoms with Gasteiger partial charge < -0.3 is 0 Å². The summed E-state index contributed by atoms with van der Waals surface area (Å²) in [4.78, 5) is 12.2. The van der Waals surface area contributed by atoms with Crippen molar-refractivity contribution in [2.45, 2.75) is 0 Å². The Hall–Kier alpha value is -3.46. The van der Waals surface area contributed by atoms with E-state index < -0.39 is 0 Å². The van der Waals surface area contributed by atoms with Crippen LogP contribution in [0.1, 0.15) is 21.5 Å². The van der Waals surface area contributed by atoms with Gasteiger partial charge in [0.15, 0.2) is 0 Å². The Morgan fingerprint density at radius 1 is 0.720 bits per heavy atom. The minimum Gasteiger partial charge on any atom is -0.267 e. The van der Waals surface area contributed by atoms with Crippen LogP contribution in [0.25, 0.3) is 6.08 Å². The van der Waals surface area contributed by atoms with Crippen molar-refractivity contribution in [2.24, 2.45) is 5.10 Å². The molecule has 1 N–H and O–H groups in total. The molecule has 0 bridgehead atoms. The standard InChI is InChI=1S/C22H18N2O/c25-22(20-14-8-3-9-15-20)24-23-21(19-12-6-2-7-13-19)17-16-18-10-4-1-5-11-18/h1-17H,(H,24,25). The van der Waals surface area contributed by atoms with Gasteiger partial charge in [0.2, 0.25) is 0 Å². The van der Waals surface area contributed by atoms with E-state index in [2.05, 4.69) is 10.5 Å². The topological polar surface area (TPSA) is 41.5 Å². The lowest BCUT2D eigenvalue weighted by molar-refractivity contribution is 0.0955. The van der Waals surface area contributed by atoms with Gasteiger partial charge in [-0.2, -0.15) is 5.10 Å². The second-order valence-corrected chi connectivity index (χ2v) is 5.41. The Morgan fingerprint density at radius 3 is 1.84 bits per heavy atom. The lowest BCUT2D eigenvalue weighted by atomic mass is 10.1. The van der Waals surface area contributed by atoms with E-state index in [0.717, 1.165) is 11.1 Å². The maximum atomic E-state index is 12.2. The molecule has 3 heteroatoms. The van der Waals surface area contributed by atoms with Crippen molar-refractivity contribution in [1.82, 2.24) is 5.43 Å². The highest BCUT2D eigenvalue weighted by Crippen LogP contribution is 2.07. The number of carbonyl (C=O) groups is 1. The Labute approximate surface area is 147 Å². The summed E-state index contributed by atoms with van der Waals surface area (Å²) in [5, 5.41) is 4.32. The molecule has 122 valence electrons. The summed E-state index contributed by atoms with van der Waals surface area (Å²) in [6.45, 7) is 0. The van der Waals surface area contributed by atoms with E-state index in [9.17, 15) is 4.79 Å². The SMILES string of the molecule is O=C(NN=C(C=Cc1ccccc1)c1ccccc1)c1ccccc1. The lowest BCUT2D eigenvalue weighted by Crippen LogP contribution is -2.19. The number of rotatable bonds is 5. The summed E-state index contributed by atoms with van der Waals surface area (Å²) < 4.78 is 0. The first-order chi connectivity index (χ1) is 12.3. The van der Waals surface area contributed by atoms with Crippen LogP contribution < -0.4 is 5.43 Å². The van der Waals surface area contributed by atoms with Gasteiger partial charge in [-0.05, 0) is 23.8 Å². The molecule has 0 atom stereocenters. The fourth-order valence-corrected chi connectivity index (χ4v) is 2.31. The van der Waals surface area contributed by atoms with Gasteiger partial charge in [0.1, 0.15) is 0 Å². The number of nitrogens with zero attached hydrogens (tertiary/aromatic N) is 1. The molecule has 0 radical (unpaired) electrons.